The summed E-state index contributed by atoms with van der Waals surface area (Å²) in [7, 11) is -4.82. The van der Waals surface area contributed by atoms with E-state index in [0.717, 1.165) is 0 Å². The molecule has 1 heterocycles. The summed E-state index contributed by atoms with van der Waals surface area (Å²) in [5, 5.41) is -0.830. The van der Waals surface area contributed by atoms with Crippen LogP contribution in [0, 0.1) is 0 Å². The van der Waals surface area contributed by atoms with Crippen molar-refractivity contribution in [3.05, 3.63) is 0 Å². The van der Waals surface area contributed by atoms with Crippen molar-refractivity contribution in [2.45, 2.75) is 5.25 Å². The Labute approximate surface area is 66.5 Å². The van der Waals surface area contributed by atoms with Gasteiger partial charge in [0.25, 0.3) is 27.7 Å². The number of rotatable bonds is 1. The standard InChI is InChI=1S/C4H3NO6S/c6-1-2(12(9,10)11)4(8)5-3(1)7/h2H,(H,5,7,8)(H,9,10,11). The van der Waals surface area contributed by atoms with E-state index >= 15 is 0 Å². The highest BCUT2D eigenvalue weighted by Gasteiger charge is 2.48. The molecule has 0 aromatic rings. The number of nitrogens with one attached hydrogen (secondary N) is 1. The number of ketones is 1. The maximum Gasteiger partial charge on any atom is 0.296 e. The van der Waals surface area contributed by atoms with E-state index < -0.39 is 33.0 Å². The van der Waals surface area contributed by atoms with Gasteiger partial charge in [-0.2, -0.15) is 8.42 Å². The molecule has 0 saturated carbocycles. The summed E-state index contributed by atoms with van der Waals surface area (Å²) >= 11 is 0. The highest BCUT2D eigenvalue weighted by Crippen LogP contribution is 2.06. The number of carbonyl (C=O) groups excluding carboxylic acids is 3. The van der Waals surface area contributed by atoms with E-state index in [-0.39, 0.29) is 0 Å². The monoisotopic (exact) mass is 193 g/mol. The van der Waals surface area contributed by atoms with Gasteiger partial charge in [-0.15, -0.1) is 0 Å². The van der Waals surface area contributed by atoms with Crippen molar-refractivity contribution in [3.8, 4) is 0 Å². The Kier molecular flexibility index (Phi) is 1.73. The first-order chi connectivity index (χ1) is 5.34. The minimum Gasteiger partial charge on any atom is -0.288 e. The predicted molar refractivity (Wildman–Crippen MR) is 33.5 cm³/mol. The zero-order valence-electron chi connectivity index (χ0n) is 5.47. The minimum absolute atomic E-state index is 1.31. The Bertz CT molecular complexity index is 367. The highest BCUT2D eigenvalue weighted by atomic mass is 32.2. The van der Waals surface area contributed by atoms with E-state index in [1.807, 2.05) is 0 Å². The van der Waals surface area contributed by atoms with Crippen LogP contribution in [0.3, 0.4) is 0 Å². The molecule has 1 aliphatic heterocycles. The SMILES string of the molecule is O=C1NC(=O)C(S(=O)(=O)O)C1=O. The van der Waals surface area contributed by atoms with Crippen LogP contribution in [-0.2, 0) is 24.5 Å². The molecule has 1 unspecified atom stereocenters. The highest BCUT2D eigenvalue weighted by molar-refractivity contribution is 7.88. The van der Waals surface area contributed by atoms with Crippen LogP contribution < -0.4 is 5.32 Å². The van der Waals surface area contributed by atoms with E-state index in [2.05, 4.69) is 0 Å². The topological polar surface area (TPSA) is 118 Å². The molecule has 7 nitrogen and oxygen atoms in total. The van der Waals surface area contributed by atoms with Gasteiger partial charge in [0, 0.05) is 0 Å². The van der Waals surface area contributed by atoms with Crippen LogP contribution in [0.25, 0.3) is 0 Å². The molecule has 12 heavy (non-hydrogen) atoms. The maximum absolute atomic E-state index is 10.6. The van der Waals surface area contributed by atoms with Gasteiger partial charge in [-0.1, -0.05) is 0 Å². The van der Waals surface area contributed by atoms with Gasteiger partial charge in [-0.05, 0) is 0 Å². The van der Waals surface area contributed by atoms with Crippen molar-refractivity contribution < 1.29 is 27.4 Å². The van der Waals surface area contributed by atoms with Crippen LogP contribution >= 0.6 is 0 Å². The third kappa shape index (κ3) is 1.21. The largest absolute Gasteiger partial charge is 0.296 e. The van der Waals surface area contributed by atoms with Crippen LogP contribution in [0.2, 0.25) is 0 Å². The molecule has 0 bridgehead atoms. The molecule has 0 radical (unpaired) electrons. The van der Waals surface area contributed by atoms with Crippen molar-refractivity contribution in [1.29, 1.82) is 0 Å². The maximum atomic E-state index is 10.6. The predicted octanol–water partition coefficient (Wildman–Crippen LogP) is -2.53. The number of imide groups is 1. The van der Waals surface area contributed by atoms with Crippen LogP contribution in [0.15, 0.2) is 0 Å². The molecule has 2 N–H and O–H groups in total. The first-order valence-corrected chi connectivity index (χ1v) is 4.19. The quantitative estimate of drug-likeness (QED) is 0.205. The molecule has 66 valence electrons. The summed E-state index contributed by atoms with van der Waals surface area (Å²) in [6.07, 6.45) is 0. The Morgan fingerprint density at radius 1 is 1.25 bits per heavy atom. The number of Topliss-reactive ketones (excluding diaryl/α,β-unsaturated/α-hetero) is 1. The summed E-state index contributed by atoms with van der Waals surface area (Å²) in [6.45, 7) is 0. The second-order valence-electron chi connectivity index (χ2n) is 2.08. The lowest BCUT2D eigenvalue weighted by Crippen LogP contribution is -2.33. The minimum atomic E-state index is -4.82. The zero-order chi connectivity index (χ0) is 9.52. The first kappa shape index (κ1) is 8.81. The van der Waals surface area contributed by atoms with Gasteiger partial charge in [-0.3, -0.25) is 24.3 Å². The van der Waals surface area contributed by atoms with Crippen molar-refractivity contribution in [2.75, 3.05) is 0 Å². The van der Waals surface area contributed by atoms with Gasteiger partial charge in [0.2, 0.25) is 5.25 Å². The number of carbonyl (C=O) groups is 3. The average Bonchev–Trinajstić information content (AvgIpc) is 2.05. The second-order valence-corrected chi connectivity index (χ2v) is 3.58. The Balaban J connectivity index is 3.17. The van der Waals surface area contributed by atoms with Gasteiger partial charge in [0.1, 0.15) is 0 Å². The molecule has 1 rings (SSSR count). The summed E-state index contributed by atoms with van der Waals surface area (Å²) in [4.78, 5) is 31.5. The van der Waals surface area contributed by atoms with E-state index in [4.69, 9.17) is 4.55 Å². The number of amides is 2. The normalized spacial score (nSPS) is 24.4. The molecule has 0 aromatic heterocycles. The molecule has 1 fully saturated rings. The summed E-state index contributed by atoms with van der Waals surface area (Å²) in [5.74, 6) is -4.09. The van der Waals surface area contributed by atoms with Crippen molar-refractivity contribution in [1.82, 2.24) is 5.32 Å². The molecule has 1 saturated heterocycles. The van der Waals surface area contributed by atoms with Gasteiger partial charge in [0.05, 0.1) is 0 Å². The van der Waals surface area contributed by atoms with Crippen LogP contribution in [0.5, 0.6) is 0 Å². The van der Waals surface area contributed by atoms with E-state index in [1.54, 1.807) is 0 Å². The van der Waals surface area contributed by atoms with E-state index in [1.165, 1.54) is 5.32 Å². The van der Waals surface area contributed by atoms with Crippen LogP contribution in [0.1, 0.15) is 0 Å². The molecular formula is C4H3NO6S. The smallest absolute Gasteiger partial charge is 0.288 e. The third-order valence-corrected chi connectivity index (χ3v) is 2.26. The number of hydrogen-bond donors (Lipinski definition) is 2. The Morgan fingerprint density at radius 2 is 1.75 bits per heavy atom. The molecule has 0 spiro atoms. The van der Waals surface area contributed by atoms with Crippen LogP contribution in [-0.4, -0.2) is 35.8 Å². The Morgan fingerprint density at radius 3 is 1.92 bits per heavy atom. The molecule has 2 amide bonds. The fourth-order valence-corrected chi connectivity index (χ4v) is 1.45. The second kappa shape index (κ2) is 2.35. The molecule has 0 aliphatic carbocycles. The van der Waals surface area contributed by atoms with Gasteiger partial charge in [0.15, 0.2) is 0 Å². The molecule has 8 heteroatoms. The number of hydrogen-bond acceptors (Lipinski definition) is 5. The van der Waals surface area contributed by atoms with E-state index in [0.29, 0.717) is 0 Å². The zero-order valence-corrected chi connectivity index (χ0v) is 6.29. The fourth-order valence-electron chi connectivity index (χ4n) is 0.748. The molecule has 1 atom stereocenters. The fraction of sp³-hybridized carbons (Fsp3) is 0.250. The average molecular weight is 193 g/mol. The lowest BCUT2D eigenvalue weighted by Gasteiger charge is -1.96. The third-order valence-electron chi connectivity index (χ3n) is 1.23. The van der Waals surface area contributed by atoms with E-state index in [9.17, 15) is 22.8 Å². The summed E-state index contributed by atoms with van der Waals surface area (Å²) < 4.78 is 29.0. The van der Waals surface area contributed by atoms with Crippen molar-refractivity contribution in [2.24, 2.45) is 0 Å². The van der Waals surface area contributed by atoms with Crippen LogP contribution in [0.4, 0.5) is 0 Å². The lowest BCUT2D eigenvalue weighted by molar-refractivity contribution is -0.135. The first-order valence-electron chi connectivity index (χ1n) is 2.69. The van der Waals surface area contributed by atoms with Gasteiger partial charge >= 0.3 is 0 Å². The molecule has 1 aliphatic rings. The molecular weight excluding hydrogens is 190 g/mol. The van der Waals surface area contributed by atoms with Gasteiger partial charge < -0.3 is 0 Å². The molecule has 0 aromatic carbocycles. The summed E-state index contributed by atoms with van der Waals surface area (Å²) in [5.41, 5.74) is 0. The summed E-state index contributed by atoms with van der Waals surface area (Å²) in [6, 6.07) is 0. The van der Waals surface area contributed by atoms with Crippen molar-refractivity contribution >= 4 is 27.7 Å². The Hall–Kier alpha value is -1.28. The van der Waals surface area contributed by atoms with Gasteiger partial charge in [-0.25, -0.2) is 0 Å². The van der Waals surface area contributed by atoms with Crippen molar-refractivity contribution in [3.63, 3.8) is 0 Å². The lowest BCUT2D eigenvalue weighted by atomic mass is 10.3.